The number of non-ortho nitro benzene ring substituents is 1. The molecule has 1 aromatic heterocycles. The van der Waals surface area contributed by atoms with Crippen molar-refractivity contribution in [3.63, 3.8) is 0 Å². The zero-order chi connectivity index (χ0) is 18.1. The van der Waals surface area contributed by atoms with Crippen LogP contribution in [0, 0.1) is 10.1 Å². The molecule has 2 rings (SSSR count). The van der Waals surface area contributed by atoms with Gasteiger partial charge in [0, 0.05) is 23.3 Å². The van der Waals surface area contributed by atoms with Gasteiger partial charge < -0.3 is 5.11 Å². The molecule has 1 atom stereocenters. The van der Waals surface area contributed by atoms with Gasteiger partial charge in [-0.1, -0.05) is 13.8 Å². The van der Waals surface area contributed by atoms with Crippen molar-refractivity contribution in [3.05, 3.63) is 40.1 Å². The van der Waals surface area contributed by atoms with Gasteiger partial charge in [-0.25, -0.2) is 0 Å². The first-order valence-corrected chi connectivity index (χ1v) is 8.47. The molecule has 5 nitrogen and oxygen atoms in total. The van der Waals surface area contributed by atoms with Crippen LogP contribution < -0.4 is 0 Å². The molecule has 0 amide bonds. The molecule has 1 heterocycles. The first kappa shape index (κ1) is 18.6. The Labute approximate surface area is 140 Å². The van der Waals surface area contributed by atoms with Crippen molar-refractivity contribution in [2.45, 2.75) is 32.2 Å². The summed E-state index contributed by atoms with van der Waals surface area (Å²) in [5.74, 6) is 0.758. The maximum Gasteiger partial charge on any atom is 0.489 e. The monoisotopic (exact) mass is 362 g/mol. The van der Waals surface area contributed by atoms with Crippen molar-refractivity contribution in [1.29, 1.82) is 0 Å². The Morgan fingerprint density at radius 1 is 1.29 bits per heavy atom. The lowest BCUT2D eigenvalue weighted by Crippen LogP contribution is -2.34. The summed E-state index contributed by atoms with van der Waals surface area (Å²) in [7, 11) is 0. The molecule has 0 spiro atoms. The van der Waals surface area contributed by atoms with E-state index in [0.29, 0.717) is 5.75 Å². The van der Waals surface area contributed by atoms with Crippen molar-refractivity contribution in [2.24, 2.45) is 0 Å². The summed E-state index contributed by atoms with van der Waals surface area (Å²) in [5, 5.41) is 21.7. The maximum absolute atomic E-state index is 13.6. The largest absolute Gasteiger partial charge is 0.489 e. The number of hydrogen-bond acceptors (Lipinski definition) is 4. The van der Waals surface area contributed by atoms with Crippen LogP contribution in [0.5, 0.6) is 0 Å². The van der Waals surface area contributed by atoms with Gasteiger partial charge in [-0.05, 0) is 24.3 Å². The number of alkyl halides is 3. The number of hydrogen-bond donors (Lipinski definition) is 1. The first-order valence-electron chi connectivity index (χ1n) is 7.31. The minimum atomic E-state index is -4.74. The van der Waals surface area contributed by atoms with Crippen molar-refractivity contribution >= 4 is 28.4 Å². The van der Waals surface area contributed by atoms with Crippen LogP contribution in [-0.4, -0.2) is 26.1 Å². The molecule has 0 radical (unpaired) electrons. The Morgan fingerprint density at radius 3 is 2.46 bits per heavy atom. The standard InChI is InChI=1S/C15H17F3N2O3S/c1-3-14(21,9-24-4-2)13-8-10-7-11(20(22)23)5-6-12(10)19(13)15(16,17)18/h5-8,21H,3-4,9H2,1-2H3. The highest BCUT2D eigenvalue weighted by Gasteiger charge is 2.41. The molecule has 0 saturated heterocycles. The number of fused-ring (bicyclic) bond motifs is 1. The molecule has 0 aliphatic heterocycles. The molecule has 0 bridgehead atoms. The van der Waals surface area contributed by atoms with Crippen LogP contribution >= 0.6 is 11.8 Å². The number of nitrogens with zero attached hydrogens (tertiary/aromatic N) is 2. The molecule has 0 aliphatic carbocycles. The molecular weight excluding hydrogens is 345 g/mol. The van der Waals surface area contributed by atoms with Crippen molar-refractivity contribution in [3.8, 4) is 0 Å². The predicted molar refractivity (Wildman–Crippen MR) is 87.1 cm³/mol. The van der Waals surface area contributed by atoms with E-state index in [1.54, 1.807) is 6.92 Å². The number of halogens is 3. The fourth-order valence-electron chi connectivity index (χ4n) is 2.56. The number of nitro groups is 1. The second-order valence-electron chi connectivity index (χ2n) is 5.36. The van der Waals surface area contributed by atoms with Gasteiger partial charge in [-0.3, -0.25) is 14.7 Å². The van der Waals surface area contributed by atoms with Gasteiger partial charge in [0.25, 0.3) is 5.69 Å². The molecular formula is C15H17F3N2O3S. The molecule has 1 unspecified atom stereocenters. The number of aliphatic hydroxyl groups is 1. The van der Waals surface area contributed by atoms with Gasteiger partial charge in [0.2, 0.25) is 0 Å². The van der Waals surface area contributed by atoms with Crippen LogP contribution in [0.25, 0.3) is 10.9 Å². The molecule has 1 N–H and O–H groups in total. The summed E-state index contributed by atoms with van der Waals surface area (Å²) < 4.78 is 40.8. The summed E-state index contributed by atoms with van der Waals surface area (Å²) in [4.78, 5) is 10.2. The Balaban J connectivity index is 2.73. The van der Waals surface area contributed by atoms with Crippen molar-refractivity contribution in [2.75, 3.05) is 11.5 Å². The lowest BCUT2D eigenvalue weighted by molar-refractivity contribution is -0.384. The summed E-state index contributed by atoms with van der Waals surface area (Å²) in [5.41, 5.74) is -2.48. The smallest absolute Gasteiger partial charge is 0.383 e. The van der Waals surface area contributed by atoms with E-state index in [1.807, 2.05) is 6.92 Å². The number of nitro benzene ring substituents is 1. The summed E-state index contributed by atoms with van der Waals surface area (Å²) >= 11 is 1.33. The molecule has 0 fully saturated rings. The lowest BCUT2D eigenvalue weighted by Gasteiger charge is -2.29. The lowest BCUT2D eigenvalue weighted by atomic mass is 9.98. The van der Waals surface area contributed by atoms with Crippen LogP contribution in [0.2, 0.25) is 0 Å². The Morgan fingerprint density at radius 2 is 1.96 bits per heavy atom. The number of thioether (sulfide) groups is 1. The molecule has 0 aliphatic rings. The van der Waals surface area contributed by atoms with Gasteiger partial charge in [-0.15, -0.1) is 13.2 Å². The quantitative estimate of drug-likeness (QED) is 0.612. The SMILES string of the molecule is CCSCC(O)(CC)c1cc2cc([N+](=O)[O-])ccc2n1C(F)(F)F. The summed E-state index contributed by atoms with van der Waals surface area (Å²) in [6.07, 6.45) is -4.65. The highest BCUT2D eigenvalue weighted by Crippen LogP contribution is 2.40. The van der Waals surface area contributed by atoms with E-state index in [4.69, 9.17) is 0 Å². The van der Waals surface area contributed by atoms with Gasteiger partial charge in [0.05, 0.1) is 16.1 Å². The zero-order valence-corrected chi connectivity index (χ0v) is 13.9. The number of benzene rings is 1. The third-order valence-electron chi connectivity index (χ3n) is 3.86. The Kier molecular flexibility index (Phi) is 5.14. The van der Waals surface area contributed by atoms with Gasteiger partial charge in [-0.2, -0.15) is 11.8 Å². The minimum absolute atomic E-state index is 0.0740. The first-order chi connectivity index (χ1) is 11.1. The van der Waals surface area contributed by atoms with Gasteiger partial charge in [0.15, 0.2) is 0 Å². The number of aromatic nitrogens is 1. The average Bonchev–Trinajstić information content (AvgIpc) is 2.91. The van der Waals surface area contributed by atoms with E-state index in [2.05, 4.69) is 0 Å². The predicted octanol–water partition coefficient (Wildman–Crippen LogP) is 4.38. The summed E-state index contributed by atoms with van der Waals surface area (Å²) in [6, 6.07) is 4.37. The van der Waals surface area contributed by atoms with Gasteiger partial charge >= 0.3 is 6.30 Å². The highest BCUT2D eigenvalue weighted by molar-refractivity contribution is 7.99. The zero-order valence-electron chi connectivity index (χ0n) is 13.1. The Bertz CT molecular complexity index is 760. The van der Waals surface area contributed by atoms with E-state index in [9.17, 15) is 28.4 Å². The number of rotatable bonds is 6. The highest BCUT2D eigenvalue weighted by atomic mass is 32.2. The molecule has 0 saturated carbocycles. The second kappa shape index (κ2) is 6.64. The van der Waals surface area contributed by atoms with E-state index in [0.717, 1.165) is 18.2 Å². The van der Waals surface area contributed by atoms with Crippen LogP contribution in [-0.2, 0) is 11.9 Å². The molecule has 2 aromatic rings. The average molecular weight is 362 g/mol. The fourth-order valence-corrected chi connectivity index (χ4v) is 3.45. The molecule has 1 aromatic carbocycles. The summed E-state index contributed by atoms with van der Waals surface area (Å²) in [6.45, 7) is 3.46. The third-order valence-corrected chi connectivity index (χ3v) is 4.95. The second-order valence-corrected chi connectivity index (χ2v) is 6.63. The van der Waals surface area contributed by atoms with Crippen LogP contribution in [0.4, 0.5) is 18.9 Å². The van der Waals surface area contributed by atoms with E-state index < -0.39 is 16.8 Å². The van der Waals surface area contributed by atoms with Gasteiger partial charge in [0.1, 0.15) is 5.60 Å². The fraction of sp³-hybridized carbons (Fsp3) is 0.467. The normalized spacial score (nSPS) is 14.8. The molecule has 9 heteroatoms. The molecule has 24 heavy (non-hydrogen) atoms. The molecule has 132 valence electrons. The van der Waals surface area contributed by atoms with Crippen LogP contribution in [0.1, 0.15) is 26.0 Å². The van der Waals surface area contributed by atoms with Crippen molar-refractivity contribution < 1.29 is 23.2 Å². The van der Waals surface area contributed by atoms with Crippen LogP contribution in [0.3, 0.4) is 0 Å². The van der Waals surface area contributed by atoms with Crippen molar-refractivity contribution in [1.82, 2.24) is 4.57 Å². The van der Waals surface area contributed by atoms with Crippen LogP contribution in [0.15, 0.2) is 24.3 Å². The Hall–Kier alpha value is -1.74. The van der Waals surface area contributed by atoms with E-state index in [1.165, 1.54) is 17.8 Å². The maximum atomic E-state index is 13.6. The van der Waals surface area contributed by atoms with E-state index >= 15 is 0 Å². The topological polar surface area (TPSA) is 68.3 Å². The third kappa shape index (κ3) is 3.36. The minimum Gasteiger partial charge on any atom is -0.383 e. The van der Waals surface area contributed by atoms with E-state index in [-0.39, 0.29) is 39.0 Å².